The van der Waals surface area contributed by atoms with Crippen molar-refractivity contribution in [2.75, 3.05) is 5.32 Å². The van der Waals surface area contributed by atoms with Crippen LogP contribution in [0.5, 0.6) is 0 Å². The van der Waals surface area contributed by atoms with Gasteiger partial charge in [-0.25, -0.2) is 0 Å². The highest BCUT2D eigenvalue weighted by Gasteiger charge is 2.18. The molecule has 1 N–H and O–H groups in total. The molecule has 0 spiro atoms. The Labute approximate surface area is 151 Å². The Bertz CT molecular complexity index is 875. The van der Waals surface area contributed by atoms with Gasteiger partial charge >= 0.3 is 0 Å². The van der Waals surface area contributed by atoms with Crippen LogP contribution >= 0.6 is 23.2 Å². The molecule has 122 valence electrons. The van der Waals surface area contributed by atoms with Crippen LogP contribution in [0.1, 0.15) is 25.7 Å². The van der Waals surface area contributed by atoms with Crippen molar-refractivity contribution in [2.24, 2.45) is 0 Å². The number of nitrogens with zero attached hydrogens (tertiary/aromatic N) is 2. The van der Waals surface area contributed by atoms with E-state index in [-0.39, 0.29) is 0 Å². The Balaban J connectivity index is 1.84. The van der Waals surface area contributed by atoms with Crippen LogP contribution in [0, 0.1) is 0 Å². The van der Waals surface area contributed by atoms with Crippen molar-refractivity contribution in [1.29, 1.82) is 0 Å². The summed E-state index contributed by atoms with van der Waals surface area (Å²) >= 11 is 12.9. The summed E-state index contributed by atoms with van der Waals surface area (Å²) in [5, 5.41) is 14.7. The van der Waals surface area contributed by atoms with E-state index in [1.54, 1.807) is 0 Å². The van der Waals surface area contributed by atoms with E-state index in [1.807, 2.05) is 42.5 Å². The summed E-state index contributed by atoms with van der Waals surface area (Å²) in [6.07, 6.45) is 4.97. The van der Waals surface area contributed by atoms with Gasteiger partial charge in [-0.05, 0) is 25.0 Å². The van der Waals surface area contributed by atoms with E-state index in [0.717, 1.165) is 27.7 Å². The Morgan fingerprint density at radius 2 is 1.71 bits per heavy atom. The van der Waals surface area contributed by atoms with Gasteiger partial charge in [-0.2, -0.15) is 0 Å². The van der Waals surface area contributed by atoms with E-state index in [4.69, 9.17) is 23.2 Å². The third-order valence-electron chi connectivity index (χ3n) is 4.56. The summed E-state index contributed by atoms with van der Waals surface area (Å²) < 4.78 is 0. The van der Waals surface area contributed by atoms with Crippen LogP contribution in [0.2, 0.25) is 10.2 Å². The first-order valence-electron chi connectivity index (χ1n) is 8.20. The maximum absolute atomic E-state index is 6.61. The molecule has 5 heteroatoms. The number of aromatic nitrogens is 2. The minimum Gasteiger partial charge on any atom is -0.382 e. The topological polar surface area (TPSA) is 37.8 Å². The Morgan fingerprint density at radius 1 is 0.958 bits per heavy atom. The number of hydrogen-bond acceptors (Lipinski definition) is 3. The van der Waals surface area contributed by atoms with E-state index in [2.05, 4.69) is 15.5 Å². The lowest BCUT2D eigenvalue weighted by Gasteiger charge is -2.16. The van der Waals surface area contributed by atoms with Crippen molar-refractivity contribution < 1.29 is 0 Å². The molecule has 0 radical (unpaired) electrons. The van der Waals surface area contributed by atoms with Gasteiger partial charge in [0.25, 0.3) is 0 Å². The van der Waals surface area contributed by atoms with Gasteiger partial charge < -0.3 is 5.32 Å². The molecule has 0 unspecified atom stereocenters. The lowest BCUT2D eigenvalue weighted by Crippen LogP contribution is -2.14. The SMILES string of the molecule is Clc1nnc(-c2ccccc2)c2c(Cl)cc(NC3CCCC3)cc12. The second-order valence-electron chi connectivity index (χ2n) is 6.21. The summed E-state index contributed by atoms with van der Waals surface area (Å²) in [5.74, 6) is 0. The zero-order valence-electron chi connectivity index (χ0n) is 13.1. The molecule has 24 heavy (non-hydrogen) atoms. The standard InChI is InChI=1S/C19H17Cl2N3/c20-16-11-14(22-13-8-4-5-9-13)10-15-17(16)18(23-24-19(15)21)12-6-2-1-3-7-12/h1-3,6-7,10-11,13,22H,4-5,8-9H2. The van der Waals surface area contributed by atoms with Gasteiger partial charge in [0, 0.05) is 28.1 Å². The summed E-state index contributed by atoms with van der Waals surface area (Å²) in [4.78, 5) is 0. The zero-order chi connectivity index (χ0) is 16.5. The van der Waals surface area contributed by atoms with Crippen LogP contribution in [-0.4, -0.2) is 16.2 Å². The summed E-state index contributed by atoms with van der Waals surface area (Å²) in [6, 6.07) is 14.4. The minimum absolute atomic E-state index is 0.377. The van der Waals surface area contributed by atoms with Crippen molar-refractivity contribution >= 4 is 39.7 Å². The minimum atomic E-state index is 0.377. The van der Waals surface area contributed by atoms with Crippen LogP contribution in [-0.2, 0) is 0 Å². The van der Waals surface area contributed by atoms with Gasteiger partial charge in [0.2, 0.25) is 0 Å². The molecule has 1 heterocycles. The molecule has 1 fully saturated rings. The van der Waals surface area contributed by atoms with Crippen LogP contribution in [0.15, 0.2) is 42.5 Å². The molecule has 0 atom stereocenters. The molecule has 1 aliphatic carbocycles. The molecule has 1 aliphatic rings. The van der Waals surface area contributed by atoms with Gasteiger partial charge in [-0.1, -0.05) is 66.4 Å². The molecule has 1 aromatic heterocycles. The number of hydrogen-bond donors (Lipinski definition) is 1. The van der Waals surface area contributed by atoms with Crippen molar-refractivity contribution in [3.8, 4) is 11.3 Å². The summed E-state index contributed by atoms with van der Waals surface area (Å²) in [6.45, 7) is 0. The zero-order valence-corrected chi connectivity index (χ0v) is 14.6. The molecular formula is C19H17Cl2N3. The van der Waals surface area contributed by atoms with Gasteiger partial charge in [0.1, 0.15) is 5.69 Å². The Kier molecular flexibility index (Phi) is 4.30. The molecule has 2 aromatic carbocycles. The van der Waals surface area contributed by atoms with Crippen molar-refractivity contribution in [3.05, 3.63) is 52.6 Å². The Morgan fingerprint density at radius 3 is 2.46 bits per heavy atom. The van der Waals surface area contributed by atoms with Crippen molar-refractivity contribution in [2.45, 2.75) is 31.7 Å². The molecular weight excluding hydrogens is 341 g/mol. The monoisotopic (exact) mass is 357 g/mol. The predicted octanol–water partition coefficient (Wildman–Crippen LogP) is 5.96. The third kappa shape index (κ3) is 2.94. The number of rotatable bonds is 3. The molecule has 0 aliphatic heterocycles. The van der Waals surface area contributed by atoms with E-state index >= 15 is 0 Å². The molecule has 0 saturated heterocycles. The third-order valence-corrected chi connectivity index (χ3v) is 5.14. The van der Waals surface area contributed by atoms with Gasteiger partial charge in [0.15, 0.2) is 5.15 Å². The van der Waals surface area contributed by atoms with E-state index < -0.39 is 0 Å². The maximum Gasteiger partial charge on any atom is 0.159 e. The lowest BCUT2D eigenvalue weighted by molar-refractivity contribution is 0.756. The number of benzene rings is 2. The second-order valence-corrected chi connectivity index (χ2v) is 6.98. The van der Waals surface area contributed by atoms with E-state index in [1.165, 1.54) is 25.7 Å². The fraction of sp³-hybridized carbons (Fsp3) is 0.263. The second kappa shape index (κ2) is 6.58. The molecule has 3 aromatic rings. The number of halogens is 2. The highest BCUT2D eigenvalue weighted by molar-refractivity contribution is 6.40. The summed E-state index contributed by atoms with van der Waals surface area (Å²) in [5.41, 5.74) is 2.73. The smallest absolute Gasteiger partial charge is 0.159 e. The maximum atomic E-state index is 6.61. The number of fused-ring (bicyclic) bond motifs is 1. The number of nitrogens with one attached hydrogen (secondary N) is 1. The van der Waals surface area contributed by atoms with Gasteiger partial charge in [-0.15, -0.1) is 10.2 Å². The van der Waals surface area contributed by atoms with E-state index in [9.17, 15) is 0 Å². The lowest BCUT2D eigenvalue weighted by atomic mass is 10.0. The van der Waals surface area contributed by atoms with Crippen LogP contribution in [0.4, 0.5) is 5.69 Å². The molecule has 4 rings (SSSR count). The molecule has 0 bridgehead atoms. The van der Waals surface area contributed by atoms with Crippen LogP contribution < -0.4 is 5.32 Å². The highest BCUT2D eigenvalue weighted by Crippen LogP contribution is 2.37. The van der Waals surface area contributed by atoms with Crippen LogP contribution in [0.3, 0.4) is 0 Å². The largest absolute Gasteiger partial charge is 0.382 e. The Hall–Kier alpha value is -1.84. The molecule has 1 saturated carbocycles. The van der Waals surface area contributed by atoms with Gasteiger partial charge in [0.05, 0.1) is 5.02 Å². The fourth-order valence-corrected chi connectivity index (χ4v) is 3.89. The molecule has 0 amide bonds. The average molecular weight is 358 g/mol. The van der Waals surface area contributed by atoms with E-state index in [0.29, 0.717) is 16.2 Å². The van der Waals surface area contributed by atoms with Crippen LogP contribution in [0.25, 0.3) is 22.0 Å². The first-order valence-corrected chi connectivity index (χ1v) is 8.95. The van der Waals surface area contributed by atoms with Crippen molar-refractivity contribution in [1.82, 2.24) is 10.2 Å². The summed E-state index contributed by atoms with van der Waals surface area (Å²) in [7, 11) is 0. The van der Waals surface area contributed by atoms with Gasteiger partial charge in [-0.3, -0.25) is 0 Å². The first-order chi connectivity index (χ1) is 11.7. The number of anilines is 1. The highest BCUT2D eigenvalue weighted by atomic mass is 35.5. The quantitative estimate of drug-likeness (QED) is 0.628. The van der Waals surface area contributed by atoms with Crippen molar-refractivity contribution in [3.63, 3.8) is 0 Å². The normalized spacial score (nSPS) is 15.1. The fourth-order valence-electron chi connectivity index (χ4n) is 3.40. The molecule has 3 nitrogen and oxygen atoms in total. The first kappa shape index (κ1) is 15.7. The average Bonchev–Trinajstić information content (AvgIpc) is 3.10. The predicted molar refractivity (Wildman–Crippen MR) is 101 cm³/mol.